The third-order valence-electron chi connectivity index (χ3n) is 4.00. The molecule has 0 fully saturated rings. The van der Waals surface area contributed by atoms with Gasteiger partial charge in [0.2, 0.25) is 11.7 Å². The van der Waals surface area contributed by atoms with Gasteiger partial charge in [-0.25, -0.2) is 4.98 Å². The largest absolute Gasteiger partial charge is 0.449 e. The third-order valence-corrected chi connectivity index (χ3v) is 4.00. The van der Waals surface area contributed by atoms with Gasteiger partial charge in [0.1, 0.15) is 6.54 Å². The molecule has 25 heavy (non-hydrogen) atoms. The zero-order valence-corrected chi connectivity index (χ0v) is 13.7. The number of alkyl halides is 3. The summed E-state index contributed by atoms with van der Waals surface area (Å²) in [4.78, 5) is 15.9. The Hall–Kier alpha value is -2.83. The number of hydrogen-bond acceptors (Lipinski definition) is 2. The first-order valence-corrected chi connectivity index (χ1v) is 7.65. The number of nitrogens with zero attached hydrogens (tertiary/aromatic N) is 2. The highest BCUT2D eigenvalue weighted by atomic mass is 19.4. The summed E-state index contributed by atoms with van der Waals surface area (Å²) >= 11 is 0. The molecule has 0 saturated heterocycles. The average Bonchev–Trinajstić information content (AvgIpc) is 2.90. The predicted octanol–water partition coefficient (Wildman–Crippen LogP) is 4.31. The molecular weight excluding hydrogens is 331 g/mol. The Kier molecular flexibility index (Phi) is 4.24. The molecule has 1 N–H and O–H groups in total. The van der Waals surface area contributed by atoms with Crippen molar-refractivity contribution < 1.29 is 18.0 Å². The number of aryl methyl sites for hydroxylation is 2. The number of carbonyl (C=O) groups is 1. The molecule has 0 aliphatic rings. The lowest BCUT2D eigenvalue weighted by Crippen LogP contribution is -2.23. The molecule has 0 aliphatic carbocycles. The van der Waals surface area contributed by atoms with E-state index in [4.69, 9.17) is 0 Å². The van der Waals surface area contributed by atoms with Crippen LogP contribution >= 0.6 is 0 Å². The second kappa shape index (κ2) is 6.23. The first kappa shape index (κ1) is 17.0. The minimum atomic E-state index is -4.64. The molecule has 1 heterocycles. The maximum atomic E-state index is 13.2. The lowest BCUT2D eigenvalue weighted by Gasteiger charge is -2.12. The first-order valence-electron chi connectivity index (χ1n) is 7.65. The van der Waals surface area contributed by atoms with Gasteiger partial charge in [-0.1, -0.05) is 18.2 Å². The number of imidazole rings is 1. The fourth-order valence-electron chi connectivity index (χ4n) is 2.62. The number of anilines is 1. The van der Waals surface area contributed by atoms with E-state index >= 15 is 0 Å². The van der Waals surface area contributed by atoms with Crippen LogP contribution < -0.4 is 5.32 Å². The predicted molar refractivity (Wildman–Crippen MR) is 89.3 cm³/mol. The highest BCUT2D eigenvalue weighted by Gasteiger charge is 2.37. The van der Waals surface area contributed by atoms with E-state index < -0.39 is 24.5 Å². The van der Waals surface area contributed by atoms with Crippen LogP contribution in [0.3, 0.4) is 0 Å². The zero-order valence-electron chi connectivity index (χ0n) is 13.7. The van der Waals surface area contributed by atoms with Gasteiger partial charge in [0.05, 0.1) is 11.0 Å². The number of amides is 1. The van der Waals surface area contributed by atoms with Crippen molar-refractivity contribution in [3.05, 3.63) is 59.4 Å². The molecule has 0 radical (unpaired) electrons. The molecule has 4 nitrogen and oxygen atoms in total. The van der Waals surface area contributed by atoms with E-state index in [1.807, 2.05) is 19.9 Å². The van der Waals surface area contributed by atoms with Gasteiger partial charge in [-0.3, -0.25) is 4.79 Å². The topological polar surface area (TPSA) is 46.9 Å². The number of aromatic nitrogens is 2. The van der Waals surface area contributed by atoms with Crippen LogP contribution in [0.15, 0.2) is 42.5 Å². The Morgan fingerprint density at radius 2 is 1.84 bits per heavy atom. The quantitative estimate of drug-likeness (QED) is 0.767. The van der Waals surface area contributed by atoms with Crippen LogP contribution in [0, 0.1) is 13.8 Å². The number of hydrogen-bond donors (Lipinski definition) is 1. The molecule has 2 aromatic carbocycles. The van der Waals surface area contributed by atoms with E-state index in [1.54, 1.807) is 24.3 Å². The fraction of sp³-hybridized carbons (Fsp3) is 0.222. The van der Waals surface area contributed by atoms with E-state index in [0.717, 1.165) is 15.7 Å². The van der Waals surface area contributed by atoms with Crippen LogP contribution in [-0.2, 0) is 17.5 Å². The Labute approximate surface area is 142 Å². The number of para-hydroxylation sites is 2. The molecule has 7 heteroatoms. The summed E-state index contributed by atoms with van der Waals surface area (Å²) < 4.78 is 40.6. The molecule has 3 aromatic rings. The van der Waals surface area contributed by atoms with Gasteiger partial charge in [-0.15, -0.1) is 0 Å². The van der Waals surface area contributed by atoms with Gasteiger partial charge in [0.15, 0.2) is 0 Å². The number of nitrogens with one attached hydrogen (secondary N) is 1. The molecule has 0 aliphatic heterocycles. The monoisotopic (exact) mass is 347 g/mol. The Balaban J connectivity index is 1.91. The standard InChI is InChI=1S/C18H16F3N3O/c1-11-7-8-13(9-12(11)2)22-16(25)10-24-15-6-4-3-5-14(15)23-17(24)18(19,20)21/h3-9H,10H2,1-2H3,(H,22,25). The summed E-state index contributed by atoms with van der Waals surface area (Å²) in [6.45, 7) is 3.37. The summed E-state index contributed by atoms with van der Waals surface area (Å²) in [6.07, 6.45) is -4.64. The second-order valence-electron chi connectivity index (χ2n) is 5.86. The van der Waals surface area contributed by atoms with E-state index in [-0.39, 0.29) is 11.0 Å². The summed E-state index contributed by atoms with van der Waals surface area (Å²) in [5.41, 5.74) is 3.07. The van der Waals surface area contributed by atoms with Gasteiger partial charge >= 0.3 is 6.18 Å². The van der Waals surface area contributed by atoms with Crippen LogP contribution in [0.25, 0.3) is 11.0 Å². The lowest BCUT2D eigenvalue weighted by molar-refractivity contribution is -0.147. The molecular formula is C18H16F3N3O. The van der Waals surface area contributed by atoms with E-state index in [9.17, 15) is 18.0 Å². The first-order chi connectivity index (χ1) is 11.8. The minimum absolute atomic E-state index is 0.203. The fourth-order valence-corrected chi connectivity index (χ4v) is 2.62. The van der Waals surface area contributed by atoms with Crippen molar-refractivity contribution >= 4 is 22.6 Å². The Morgan fingerprint density at radius 3 is 2.52 bits per heavy atom. The number of rotatable bonds is 3. The number of benzene rings is 2. The Bertz CT molecular complexity index is 944. The third kappa shape index (κ3) is 3.50. The zero-order chi connectivity index (χ0) is 18.2. The SMILES string of the molecule is Cc1ccc(NC(=O)Cn2c(C(F)(F)F)nc3ccccc32)cc1C. The van der Waals surface area contributed by atoms with E-state index in [0.29, 0.717) is 5.69 Å². The summed E-state index contributed by atoms with van der Waals surface area (Å²) in [5, 5.41) is 2.64. The highest BCUT2D eigenvalue weighted by molar-refractivity contribution is 5.92. The van der Waals surface area contributed by atoms with Gasteiger partial charge in [0, 0.05) is 5.69 Å². The van der Waals surface area contributed by atoms with Crippen molar-refractivity contribution in [1.82, 2.24) is 9.55 Å². The summed E-state index contributed by atoms with van der Waals surface area (Å²) in [6, 6.07) is 11.6. The van der Waals surface area contributed by atoms with Gasteiger partial charge in [-0.05, 0) is 49.2 Å². The Morgan fingerprint density at radius 1 is 1.12 bits per heavy atom. The smallest absolute Gasteiger partial charge is 0.325 e. The number of halogens is 3. The maximum Gasteiger partial charge on any atom is 0.449 e. The molecule has 130 valence electrons. The molecule has 1 amide bonds. The van der Waals surface area contributed by atoms with Crippen LogP contribution in [0.4, 0.5) is 18.9 Å². The van der Waals surface area contributed by atoms with Crippen molar-refractivity contribution in [2.24, 2.45) is 0 Å². The van der Waals surface area contributed by atoms with E-state index in [1.165, 1.54) is 12.1 Å². The molecule has 0 atom stereocenters. The molecule has 0 spiro atoms. The van der Waals surface area contributed by atoms with Crippen molar-refractivity contribution in [1.29, 1.82) is 0 Å². The van der Waals surface area contributed by atoms with Crippen molar-refractivity contribution in [2.45, 2.75) is 26.6 Å². The van der Waals surface area contributed by atoms with Gasteiger partial charge in [-0.2, -0.15) is 13.2 Å². The van der Waals surface area contributed by atoms with Crippen LogP contribution in [0.2, 0.25) is 0 Å². The maximum absolute atomic E-state index is 13.2. The van der Waals surface area contributed by atoms with Crippen LogP contribution in [0.5, 0.6) is 0 Å². The van der Waals surface area contributed by atoms with Crippen LogP contribution in [0.1, 0.15) is 17.0 Å². The van der Waals surface area contributed by atoms with Crippen molar-refractivity contribution in [3.8, 4) is 0 Å². The normalized spacial score (nSPS) is 11.7. The minimum Gasteiger partial charge on any atom is -0.325 e. The summed E-state index contributed by atoms with van der Waals surface area (Å²) in [7, 11) is 0. The average molecular weight is 347 g/mol. The molecule has 1 aromatic heterocycles. The van der Waals surface area contributed by atoms with Crippen molar-refractivity contribution in [2.75, 3.05) is 5.32 Å². The molecule has 0 unspecified atom stereocenters. The van der Waals surface area contributed by atoms with Crippen LogP contribution in [-0.4, -0.2) is 15.5 Å². The van der Waals surface area contributed by atoms with Gasteiger partial charge < -0.3 is 9.88 Å². The second-order valence-corrected chi connectivity index (χ2v) is 5.86. The number of carbonyl (C=O) groups excluding carboxylic acids is 1. The van der Waals surface area contributed by atoms with Gasteiger partial charge in [0.25, 0.3) is 0 Å². The van der Waals surface area contributed by atoms with E-state index in [2.05, 4.69) is 10.3 Å². The molecule has 0 bridgehead atoms. The van der Waals surface area contributed by atoms with Crippen molar-refractivity contribution in [3.63, 3.8) is 0 Å². The lowest BCUT2D eigenvalue weighted by atomic mass is 10.1. The highest BCUT2D eigenvalue weighted by Crippen LogP contribution is 2.31. The number of fused-ring (bicyclic) bond motifs is 1. The molecule has 0 saturated carbocycles. The summed E-state index contributed by atoms with van der Waals surface area (Å²) in [5.74, 6) is -1.62. The molecule has 3 rings (SSSR count).